The lowest BCUT2D eigenvalue weighted by Crippen LogP contribution is -2.48. The van der Waals surface area contributed by atoms with E-state index in [2.05, 4.69) is 34.3 Å². The summed E-state index contributed by atoms with van der Waals surface area (Å²) in [6.45, 7) is 8.46. The highest BCUT2D eigenvalue weighted by Crippen LogP contribution is 2.28. The van der Waals surface area contributed by atoms with Crippen LogP contribution in [0.3, 0.4) is 0 Å². The van der Waals surface area contributed by atoms with Gasteiger partial charge < -0.3 is 14.5 Å². The Hall–Kier alpha value is -1.61. The normalized spacial score (nSPS) is 17.8. The predicted molar refractivity (Wildman–Crippen MR) is 109 cm³/mol. The highest BCUT2D eigenvalue weighted by atomic mass is 35.5. The molecule has 0 spiro atoms. The maximum absolute atomic E-state index is 12.1. The summed E-state index contributed by atoms with van der Waals surface area (Å²) in [7, 11) is 0. The first-order chi connectivity index (χ1) is 13.5. The van der Waals surface area contributed by atoms with E-state index in [9.17, 15) is 4.79 Å². The second-order valence-corrected chi connectivity index (χ2v) is 8.43. The molecule has 1 aromatic heterocycles. The molecule has 1 unspecified atom stereocenters. The largest absolute Gasteiger partial charge is 0.411 e. The first-order valence-corrected chi connectivity index (χ1v) is 10.7. The monoisotopic (exact) mass is 424 g/mol. The third kappa shape index (κ3) is 6.20. The van der Waals surface area contributed by atoms with Crippen LogP contribution in [0, 0.1) is 5.92 Å². The number of amides is 1. The molecule has 7 nitrogen and oxygen atoms in total. The van der Waals surface area contributed by atoms with Gasteiger partial charge in [0, 0.05) is 26.2 Å². The van der Waals surface area contributed by atoms with E-state index in [-0.39, 0.29) is 17.8 Å². The molecular weight excluding hydrogens is 400 g/mol. The van der Waals surface area contributed by atoms with E-state index < -0.39 is 0 Å². The van der Waals surface area contributed by atoms with E-state index in [4.69, 9.17) is 20.8 Å². The van der Waals surface area contributed by atoms with Crippen molar-refractivity contribution in [1.29, 1.82) is 0 Å². The van der Waals surface area contributed by atoms with Gasteiger partial charge in [0.05, 0.1) is 29.0 Å². The molecule has 1 amide bonds. The van der Waals surface area contributed by atoms with Crippen molar-refractivity contribution >= 4 is 29.3 Å². The second kappa shape index (κ2) is 10.2. The molecule has 2 heterocycles. The van der Waals surface area contributed by atoms with E-state index in [1.54, 1.807) is 6.07 Å². The number of aromatic nitrogens is 2. The van der Waals surface area contributed by atoms with Gasteiger partial charge in [-0.3, -0.25) is 9.69 Å². The lowest BCUT2D eigenvalue weighted by atomic mass is 10.2. The molecule has 0 bridgehead atoms. The van der Waals surface area contributed by atoms with E-state index in [0.717, 1.165) is 19.6 Å². The van der Waals surface area contributed by atoms with Crippen LogP contribution in [-0.2, 0) is 9.53 Å². The summed E-state index contributed by atoms with van der Waals surface area (Å²) >= 11 is 7.33. The summed E-state index contributed by atoms with van der Waals surface area (Å²) in [5.41, 5.74) is 0.674. The van der Waals surface area contributed by atoms with Crippen molar-refractivity contribution in [3.63, 3.8) is 0 Å². The predicted octanol–water partition coefficient (Wildman–Crippen LogP) is 2.96. The number of rotatable bonds is 8. The van der Waals surface area contributed by atoms with Crippen LogP contribution in [0.4, 0.5) is 0 Å². The first kappa shape index (κ1) is 21.1. The topological polar surface area (TPSA) is 80.5 Å². The minimum Gasteiger partial charge on any atom is -0.411 e. The van der Waals surface area contributed by atoms with E-state index in [1.165, 1.54) is 11.8 Å². The van der Waals surface area contributed by atoms with Gasteiger partial charge in [0.15, 0.2) is 0 Å². The molecule has 2 aromatic rings. The zero-order valence-corrected chi connectivity index (χ0v) is 17.6. The van der Waals surface area contributed by atoms with Crippen LogP contribution < -0.4 is 5.32 Å². The SMILES string of the molecule is CC(C)CN1CCOC(CNC(=O)CSc2nnc(-c3ccccc3Cl)o2)C1. The highest BCUT2D eigenvalue weighted by molar-refractivity contribution is 7.99. The zero-order chi connectivity index (χ0) is 19.9. The number of carbonyl (C=O) groups excluding carboxylic acids is 1. The molecule has 1 aromatic carbocycles. The fourth-order valence-corrected chi connectivity index (χ4v) is 3.81. The molecule has 1 N–H and O–H groups in total. The number of thioether (sulfide) groups is 1. The smallest absolute Gasteiger partial charge is 0.277 e. The van der Waals surface area contributed by atoms with Gasteiger partial charge in [-0.15, -0.1) is 10.2 Å². The quantitative estimate of drug-likeness (QED) is 0.652. The number of benzene rings is 1. The Morgan fingerprint density at radius 1 is 1.39 bits per heavy atom. The van der Waals surface area contributed by atoms with Crippen LogP contribution in [0.2, 0.25) is 5.02 Å². The fourth-order valence-electron chi connectivity index (χ4n) is 3.00. The molecule has 3 rings (SSSR count). The first-order valence-electron chi connectivity index (χ1n) is 9.33. The summed E-state index contributed by atoms with van der Waals surface area (Å²) in [4.78, 5) is 14.5. The maximum atomic E-state index is 12.1. The van der Waals surface area contributed by atoms with Crippen molar-refractivity contribution in [3.05, 3.63) is 29.3 Å². The molecule has 1 aliphatic rings. The van der Waals surface area contributed by atoms with Crippen LogP contribution in [0.15, 0.2) is 33.9 Å². The average molecular weight is 425 g/mol. The number of hydrogen-bond donors (Lipinski definition) is 1. The average Bonchev–Trinajstić information content (AvgIpc) is 3.14. The van der Waals surface area contributed by atoms with Gasteiger partial charge in [-0.05, 0) is 18.1 Å². The number of halogens is 1. The highest BCUT2D eigenvalue weighted by Gasteiger charge is 2.21. The van der Waals surface area contributed by atoms with Gasteiger partial charge in [-0.1, -0.05) is 49.3 Å². The fraction of sp³-hybridized carbons (Fsp3) is 0.526. The molecule has 1 aliphatic heterocycles. The molecule has 1 saturated heterocycles. The Labute approximate surface area is 174 Å². The Morgan fingerprint density at radius 2 is 2.21 bits per heavy atom. The number of nitrogens with one attached hydrogen (secondary N) is 1. The molecule has 152 valence electrons. The summed E-state index contributed by atoms with van der Waals surface area (Å²) < 4.78 is 11.3. The number of nitrogens with zero attached hydrogens (tertiary/aromatic N) is 3. The minimum atomic E-state index is -0.0907. The van der Waals surface area contributed by atoms with E-state index in [1.807, 2.05) is 18.2 Å². The van der Waals surface area contributed by atoms with Crippen molar-refractivity contribution in [3.8, 4) is 11.5 Å². The molecule has 1 atom stereocenters. The van der Waals surface area contributed by atoms with E-state index in [0.29, 0.717) is 40.8 Å². The Morgan fingerprint density at radius 3 is 3.00 bits per heavy atom. The van der Waals surface area contributed by atoms with Crippen LogP contribution >= 0.6 is 23.4 Å². The Kier molecular flexibility index (Phi) is 7.73. The molecule has 1 fully saturated rings. The minimum absolute atomic E-state index is 0.0247. The lowest BCUT2D eigenvalue weighted by molar-refractivity contribution is -0.119. The second-order valence-electron chi connectivity index (χ2n) is 7.09. The van der Waals surface area contributed by atoms with Crippen LogP contribution in [-0.4, -0.2) is 65.6 Å². The van der Waals surface area contributed by atoms with Crippen LogP contribution in [0.25, 0.3) is 11.5 Å². The third-order valence-electron chi connectivity index (χ3n) is 4.21. The van der Waals surface area contributed by atoms with Crippen LogP contribution in [0.1, 0.15) is 13.8 Å². The summed E-state index contributed by atoms with van der Waals surface area (Å²) in [6, 6.07) is 7.25. The van der Waals surface area contributed by atoms with Crippen molar-refractivity contribution in [2.24, 2.45) is 5.92 Å². The Balaban J connectivity index is 1.42. The summed E-state index contributed by atoms with van der Waals surface area (Å²) in [5, 5.41) is 11.8. The number of carbonyl (C=O) groups is 1. The van der Waals surface area contributed by atoms with Crippen molar-refractivity contribution in [1.82, 2.24) is 20.4 Å². The molecule has 28 heavy (non-hydrogen) atoms. The zero-order valence-electron chi connectivity index (χ0n) is 16.1. The van der Waals surface area contributed by atoms with Gasteiger partial charge in [0.1, 0.15) is 0 Å². The molecule has 9 heteroatoms. The number of hydrogen-bond acceptors (Lipinski definition) is 7. The van der Waals surface area contributed by atoms with Gasteiger partial charge in [-0.25, -0.2) is 0 Å². The van der Waals surface area contributed by atoms with Gasteiger partial charge in [-0.2, -0.15) is 0 Å². The number of morpholine rings is 1. The van der Waals surface area contributed by atoms with Crippen LogP contribution in [0.5, 0.6) is 0 Å². The number of ether oxygens (including phenoxy) is 1. The van der Waals surface area contributed by atoms with Gasteiger partial charge in [0.2, 0.25) is 11.8 Å². The third-order valence-corrected chi connectivity index (χ3v) is 5.36. The van der Waals surface area contributed by atoms with Gasteiger partial charge >= 0.3 is 0 Å². The lowest BCUT2D eigenvalue weighted by Gasteiger charge is -2.33. The molecule has 0 aliphatic carbocycles. The molecule has 0 saturated carbocycles. The van der Waals surface area contributed by atoms with Gasteiger partial charge in [0.25, 0.3) is 5.22 Å². The molecular formula is C19H25ClN4O3S. The van der Waals surface area contributed by atoms with Crippen molar-refractivity contribution in [2.45, 2.75) is 25.2 Å². The standard InChI is InChI=1S/C19H25ClN4O3S/c1-13(2)10-24-7-8-26-14(11-24)9-21-17(25)12-28-19-23-22-18(27-19)15-5-3-4-6-16(15)20/h3-6,13-14H,7-12H2,1-2H3,(H,21,25). The van der Waals surface area contributed by atoms with Crippen molar-refractivity contribution in [2.75, 3.05) is 38.5 Å². The summed E-state index contributed by atoms with van der Waals surface area (Å²) in [6.07, 6.45) is 0.0247. The molecule has 0 radical (unpaired) electrons. The van der Waals surface area contributed by atoms with Crippen molar-refractivity contribution < 1.29 is 13.9 Å². The Bertz CT molecular complexity index is 786. The van der Waals surface area contributed by atoms with E-state index >= 15 is 0 Å². The maximum Gasteiger partial charge on any atom is 0.277 e. The summed E-state index contributed by atoms with van der Waals surface area (Å²) in [5.74, 6) is 1.07.